The molecule has 0 bridgehead atoms. The second-order valence-corrected chi connectivity index (χ2v) is 18.4. The average Bonchev–Trinajstić information content (AvgIpc) is 3.65. The maximum Gasteiger partial charge on any atom is 0.0468 e. The van der Waals surface area contributed by atoms with Gasteiger partial charge in [-0.3, -0.25) is 0 Å². The Morgan fingerprint density at radius 1 is 0.339 bits per heavy atom. The van der Waals surface area contributed by atoms with Crippen LogP contribution in [0, 0.1) is 0 Å². The summed E-state index contributed by atoms with van der Waals surface area (Å²) >= 11 is 1.86. The molecule has 0 aliphatic heterocycles. The molecule has 1 aliphatic rings. The van der Waals surface area contributed by atoms with Gasteiger partial charge in [0, 0.05) is 54.3 Å². The van der Waals surface area contributed by atoms with Crippen LogP contribution in [0.1, 0.15) is 51.7 Å². The highest BCUT2D eigenvalue weighted by molar-refractivity contribution is 7.25. The van der Waals surface area contributed by atoms with E-state index in [2.05, 4.69) is 232 Å². The molecule has 1 heterocycles. The van der Waals surface area contributed by atoms with Crippen LogP contribution in [0.5, 0.6) is 0 Å². The second kappa shape index (κ2) is 14.8. The number of hydrogen-bond donors (Lipinski definition) is 0. The molecule has 59 heavy (non-hydrogen) atoms. The van der Waals surface area contributed by atoms with Gasteiger partial charge < -0.3 is 9.80 Å². The Morgan fingerprint density at radius 3 is 1.27 bits per heavy atom. The van der Waals surface area contributed by atoms with E-state index in [1.165, 1.54) is 72.1 Å². The van der Waals surface area contributed by atoms with Crippen LogP contribution in [0.15, 0.2) is 194 Å². The van der Waals surface area contributed by atoms with E-state index in [1.54, 1.807) is 0 Å². The summed E-state index contributed by atoms with van der Waals surface area (Å²) < 4.78 is 2.63. The predicted molar refractivity (Wildman–Crippen MR) is 255 cm³/mol. The van der Waals surface area contributed by atoms with Crippen molar-refractivity contribution < 1.29 is 0 Å². The van der Waals surface area contributed by atoms with Gasteiger partial charge in [-0.2, -0.15) is 0 Å². The van der Waals surface area contributed by atoms with Crippen LogP contribution in [0.2, 0.25) is 0 Å². The first kappa shape index (κ1) is 36.9. The first-order valence-electron chi connectivity index (χ1n) is 20.8. The van der Waals surface area contributed by atoms with Crippen LogP contribution in [0.3, 0.4) is 0 Å². The zero-order valence-electron chi connectivity index (χ0n) is 34.2. The van der Waals surface area contributed by atoms with Gasteiger partial charge in [-0.25, -0.2) is 0 Å². The van der Waals surface area contributed by atoms with Crippen molar-refractivity contribution in [3.63, 3.8) is 0 Å². The van der Waals surface area contributed by atoms with E-state index >= 15 is 0 Å². The Kier molecular flexibility index (Phi) is 9.22. The lowest BCUT2D eigenvalue weighted by atomic mass is 9.63. The Balaban J connectivity index is 0.925. The molecule has 3 heteroatoms. The number of fused-ring (bicyclic) bond motifs is 4. The number of thiophene rings is 1. The van der Waals surface area contributed by atoms with Crippen molar-refractivity contribution in [3.05, 3.63) is 205 Å². The van der Waals surface area contributed by atoms with E-state index in [0.717, 1.165) is 28.4 Å². The summed E-state index contributed by atoms with van der Waals surface area (Å²) in [5.41, 5.74) is 15.0. The van der Waals surface area contributed by atoms with Crippen molar-refractivity contribution in [1.82, 2.24) is 0 Å². The Bertz CT molecular complexity index is 2910. The maximum absolute atomic E-state index is 2.45. The van der Waals surface area contributed by atoms with E-state index in [4.69, 9.17) is 0 Å². The van der Waals surface area contributed by atoms with Crippen LogP contribution < -0.4 is 9.80 Å². The summed E-state index contributed by atoms with van der Waals surface area (Å²) in [6.07, 6.45) is 2.40. The van der Waals surface area contributed by atoms with Crippen molar-refractivity contribution in [2.24, 2.45) is 0 Å². The van der Waals surface area contributed by atoms with E-state index in [0.29, 0.717) is 0 Å². The summed E-state index contributed by atoms with van der Waals surface area (Å²) in [5.74, 6) is 0. The minimum absolute atomic E-state index is 0.138. The molecule has 288 valence electrons. The maximum atomic E-state index is 2.45. The minimum atomic E-state index is 0.138. The van der Waals surface area contributed by atoms with Crippen molar-refractivity contribution in [3.8, 4) is 22.3 Å². The van der Waals surface area contributed by atoms with Gasteiger partial charge in [-0.15, -0.1) is 11.3 Å². The molecule has 9 aromatic rings. The lowest BCUT2D eigenvalue weighted by molar-refractivity contribution is 0.332. The standard InChI is InChI=1S/C56H48N2S/c1-55(2)35-36-56(3,4)52-38-48(31-33-51(52)55)58(44-15-9-6-10-16-44)46-29-25-42(26-30-46)40-21-19-39(20-22-40)41-23-27-45(28-24-41)57(43-13-7-5-8-14-43)47-32-34-54-50(37-47)49-17-11-12-18-53(49)59-54/h5-34,37-38H,35-36H2,1-4H3. The first-order chi connectivity index (χ1) is 28.7. The van der Waals surface area contributed by atoms with Crippen molar-refractivity contribution >= 4 is 65.6 Å². The quantitative estimate of drug-likeness (QED) is 0.152. The molecule has 0 saturated carbocycles. The van der Waals surface area contributed by atoms with Crippen molar-refractivity contribution in [2.45, 2.75) is 51.4 Å². The molecule has 0 spiro atoms. The SMILES string of the molecule is CC1(C)CCC(C)(C)c2cc(N(c3ccccc3)c3ccc(-c4ccc(-c5ccc(N(c6ccccc6)c6ccc7sc8ccccc8c7c6)cc5)cc4)cc3)ccc21. The molecular formula is C56H48N2S. The van der Waals surface area contributed by atoms with Gasteiger partial charge in [0.05, 0.1) is 0 Å². The van der Waals surface area contributed by atoms with E-state index < -0.39 is 0 Å². The fourth-order valence-electron chi connectivity index (χ4n) is 9.08. The lowest BCUT2D eigenvalue weighted by Crippen LogP contribution is -2.34. The van der Waals surface area contributed by atoms with Gasteiger partial charge in [0.25, 0.3) is 0 Å². The van der Waals surface area contributed by atoms with Crippen LogP contribution in [0.4, 0.5) is 34.1 Å². The third-order valence-electron chi connectivity index (χ3n) is 12.5. The Hall–Kier alpha value is -6.42. The van der Waals surface area contributed by atoms with Crippen LogP contribution in [-0.2, 0) is 10.8 Å². The van der Waals surface area contributed by atoms with Gasteiger partial charge in [0.15, 0.2) is 0 Å². The monoisotopic (exact) mass is 780 g/mol. The number of rotatable bonds is 8. The number of para-hydroxylation sites is 2. The first-order valence-corrected chi connectivity index (χ1v) is 21.6. The second-order valence-electron chi connectivity index (χ2n) is 17.3. The normalized spacial score (nSPS) is 14.2. The van der Waals surface area contributed by atoms with Crippen LogP contribution >= 0.6 is 11.3 Å². The van der Waals surface area contributed by atoms with Crippen molar-refractivity contribution in [2.75, 3.05) is 9.80 Å². The van der Waals surface area contributed by atoms with Gasteiger partial charge in [-0.1, -0.05) is 137 Å². The van der Waals surface area contributed by atoms with Gasteiger partial charge in [-0.05, 0) is 142 Å². The number of hydrogen-bond acceptors (Lipinski definition) is 3. The van der Waals surface area contributed by atoms with Gasteiger partial charge >= 0.3 is 0 Å². The molecule has 0 atom stereocenters. The molecule has 8 aromatic carbocycles. The molecule has 1 aliphatic carbocycles. The topological polar surface area (TPSA) is 6.48 Å². The van der Waals surface area contributed by atoms with E-state index in [1.807, 2.05) is 11.3 Å². The molecule has 0 amide bonds. The van der Waals surface area contributed by atoms with Crippen molar-refractivity contribution in [1.29, 1.82) is 0 Å². The van der Waals surface area contributed by atoms with Gasteiger partial charge in [0.2, 0.25) is 0 Å². The van der Waals surface area contributed by atoms with E-state index in [9.17, 15) is 0 Å². The predicted octanol–water partition coefficient (Wildman–Crippen LogP) is 16.7. The largest absolute Gasteiger partial charge is 0.310 e. The Morgan fingerprint density at radius 2 is 0.729 bits per heavy atom. The highest BCUT2D eigenvalue weighted by Gasteiger charge is 2.37. The summed E-state index contributed by atoms with van der Waals surface area (Å²) in [6.45, 7) is 9.60. The highest BCUT2D eigenvalue weighted by Crippen LogP contribution is 2.48. The summed E-state index contributed by atoms with van der Waals surface area (Å²) in [7, 11) is 0. The molecule has 0 N–H and O–H groups in total. The third-order valence-corrected chi connectivity index (χ3v) is 13.7. The molecular weight excluding hydrogens is 733 g/mol. The Labute approximate surface area is 352 Å². The van der Waals surface area contributed by atoms with Gasteiger partial charge in [0.1, 0.15) is 0 Å². The number of nitrogens with zero attached hydrogens (tertiary/aromatic N) is 2. The third kappa shape index (κ3) is 6.90. The summed E-state index contributed by atoms with van der Waals surface area (Å²) in [5, 5.41) is 2.61. The molecule has 0 fully saturated rings. The van der Waals surface area contributed by atoms with Crippen LogP contribution in [-0.4, -0.2) is 0 Å². The highest BCUT2D eigenvalue weighted by atomic mass is 32.1. The fraction of sp³-hybridized carbons (Fsp3) is 0.143. The number of benzene rings is 8. The lowest BCUT2D eigenvalue weighted by Gasteiger charge is -2.42. The fourth-order valence-corrected chi connectivity index (χ4v) is 10.2. The smallest absolute Gasteiger partial charge is 0.0468 e. The summed E-state index contributed by atoms with van der Waals surface area (Å²) in [6, 6.07) is 71.2. The molecule has 0 unspecified atom stereocenters. The minimum Gasteiger partial charge on any atom is -0.310 e. The number of anilines is 6. The molecule has 1 aromatic heterocycles. The average molecular weight is 781 g/mol. The molecule has 10 rings (SSSR count). The molecule has 0 radical (unpaired) electrons. The van der Waals surface area contributed by atoms with Crippen LogP contribution in [0.25, 0.3) is 42.4 Å². The van der Waals surface area contributed by atoms with E-state index in [-0.39, 0.29) is 10.8 Å². The molecule has 2 nitrogen and oxygen atoms in total. The molecule has 0 saturated heterocycles. The summed E-state index contributed by atoms with van der Waals surface area (Å²) in [4.78, 5) is 4.75. The zero-order chi connectivity index (χ0) is 40.1. The zero-order valence-corrected chi connectivity index (χ0v) is 35.0.